The van der Waals surface area contributed by atoms with Crippen molar-refractivity contribution in [2.45, 2.75) is 77.9 Å². The first kappa shape index (κ1) is 21.9. The van der Waals surface area contributed by atoms with Crippen molar-refractivity contribution in [3.8, 4) is 0 Å². The average molecular weight is 332 g/mol. The molecule has 0 rings (SSSR count). The van der Waals surface area contributed by atoms with E-state index >= 15 is 0 Å². The van der Waals surface area contributed by atoms with Crippen molar-refractivity contribution in [3.05, 3.63) is 0 Å². The van der Waals surface area contributed by atoms with Crippen LogP contribution in [0.15, 0.2) is 0 Å². The van der Waals surface area contributed by atoms with Crippen LogP contribution in [0.3, 0.4) is 0 Å². The van der Waals surface area contributed by atoms with E-state index < -0.39 is 23.6 Å². The first-order valence-electron chi connectivity index (χ1n) is 8.66. The molecule has 0 aromatic heterocycles. The van der Waals surface area contributed by atoms with Crippen LogP contribution in [0.5, 0.6) is 0 Å². The third kappa shape index (κ3) is 8.32. The molecule has 0 radical (unpaired) electrons. The van der Waals surface area contributed by atoms with Crippen LogP contribution in [0, 0.1) is 5.92 Å². The summed E-state index contributed by atoms with van der Waals surface area (Å²) in [6.07, 6.45) is 4.46. The second-order valence-corrected chi connectivity index (χ2v) is 5.75. The van der Waals surface area contributed by atoms with Gasteiger partial charge in [-0.3, -0.25) is 9.59 Å². The molecule has 0 aromatic rings. The summed E-state index contributed by atoms with van der Waals surface area (Å²) >= 11 is 0. The monoisotopic (exact) mass is 332 g/mol. The summed E-state index contributed by atoms with van der Waals surface area (Å²) in [7, 11) is 0. The lowest BCUT2D eigenvalue weighted by Gasteiger charge is -2.38. The number of rotatable bonds is 15. The van der Waals surface area contributed by atoms with Crippen LogP contribution >= 0.6 is 0 Å². The van der Waals surface area contributed by atoms with Crippen LogP contribution in [0.1, 0.15) is 72.1 Å². The molecule has 0 aromatic carbocycles. The number of hydrogen-bond donors (Lipinski definition) is 2. The van der Waals surface area contributed by atoms with Gasteiger partial charge in [0.1, 0.15) is 5.92 Å². The minimum absolute atomic E-state index is 0.0481. The highest BCUT2D eigenvalue weighted by Gasteiger charge is 2.43. The molecule has 2 N–H and O–H groups in total. The summed E-state index contributed by atoms with van der Waals surface area (Å²) in [6, 6.07) is 0. The molecule has 0 saturated heterocycles. The molecular weight excluding hydrogens is 300 g/mol. The van der Waals surface area contributed by atoms with Gasteiger partial charge in [-0.05, 0) is 32.1 Å². The topological polar surface area (TPSA) is 93.1 Å². The first-order chi connectivity index (χ1) is 10.9. The normalized spacial score (nSPS) is 13.0. The largest absolute Gasteiger partial charge is 0.481 e. The maximum absolute atomic E-state index is 11.7. The third-order valence-corrected chi connectivity index (χ3v) is 3.89. The van der Waals surface area contributed by atoms with Crippen molar-refractivity contribution in [3.63, 3.8) is 0 Å². The Labute approximate surface area is 139 Å². The summed E-state index contributed by atoms with van der Waals surface area (Å²) in [6.45, 7) is 6.82. The molecule has 0 saturated carbocycles. The second kappa shape index (κ2) is 12.3. The quantitative estimate of drug-likeness (QED) is 0.351. The minimum atomic E-state index is -1.17. The van der Waals surface area contributed by atoms with Gasteiger partial charge in [-0.2, -0.15) is 0 Å². The van der Waals surface area contributed by atoms with Crippen molar-refractivity contribution in [1.29, 1.82) is 0 Å². The molecule has 0 fully saturated rings. The SMILES string of the molecule is CCCCOC(CC)(OCCCC)C(CCCC(=O)O)C(=O)O. The smallest absolute Gasteiger partial charge is 0.311 e. The molecule has 136 valence electrons. The molecule has 0 amide bonds. The van der Waals surface area contributed by atoms with Gasteiger partial charge in [0.05, 0.1) is 13.2 Å². The van der Waals surface area contributed by atoms with E-state index in [0.717, 1.165) is 25.7 Å². The predicted octanol–water partition coefficient (Wildman–Crippen LogP) is 3.68. The molecule has 0 aliphatic carbocycles. The lowest BCUT2D eigenvalue weighted by Crippen LogP contribution is -2.47. The first-order valence-corrected chi connectivity index (χ1v) is 8.66. The summed E-state index contributed by atoms with van der Waals surface area (Å²) in [4.78, 5) is 22.4. The van der Waals surface area contributed by atoms with Gasteiger partial charge in [0, 0.05) is 6.42 Å². The zero-order valence-corrected chi connectivity index (χ0v) is 14.7. The zero-order valence-electron chi connectivity index (χ0n) is 14.7. The lowest BCUT2D eigenvalue weighted by molar-refractivity contribution is -0.270. The Morgan fingerprint density at radius 1 is 0.957 bits per heavy atom. The molecule has 0 bridgehead atoms. The Hall–Kier alpha value is -1.14. The Kier molecular flexibility index (Phi) is 11.7. The molecule has 0 spiro atoms. The van der Waals surface area contributed by atoms with Crippen LogP contribution in [0.25, 0.3) is 0 Å². The van der Waals surface area contributed by atoms with E-state index in [-0.39, 0.29) is 12.8 Å². The molecule has 1 atom stereocenters. The summed E-state index contributed by atoms with van der Waals surface area (Å²) in [5.41, 5.74) is 0. The van der Waals surface area contributed by atoms with Crippen molar-refractivity contribution >= 4 is 11.9 Å². The number of hydrogen-bond acceptors (Lipinski definition) is 4. The maximum Gasteiger partial charge on any atom is 0.311 e. The van der Waals surface area contributed by atoms with E-state index in [0.29, 0.717) is 26.1 Å². The van der Waals surface area contributed by atoms with E-state index in [1.54, 1.807) is 0 Å². The van der Waals surface area contributed by atoms with Crippen molar-refractivity contribution < 1.29 is 29.3 Å². The van der Waals surface area contributed by atoms with Gasteiger partial charge in [-0.1, -0.05) is 33.6 Å². The summed E-state index contributed by atoms with van der Waals surface area (Å²) in [5, 5.41) is 18.4. The van der Waals surface area contributed by atoms with Gasteiger partial charge >= 0.3 is 11.9 Å². The summed E-state index contributed by atoms with van der Waals surface area (Å²) in [5.74, 6) is -3.95. The maximum atomic E-state index is 11.7. The fraction of sp³-hybridized carbons (Fsp3) is 0.882. The molecule has 0 aliphatic heterocycles. The van der Waals surface area contributed by atoms with Crippen molar-refractivity contribution in [2.24, 2.45) is 5.92 Å². The van der Waals surface area contributed by atoms with Crippen LogP contribution in [0.2, 0.25) is 0 Å². The average Bonchev–Trinajstić information content (AvgIpc) is 2.50. The minimum Gasteiger partial charge on any atom is -0.481 e. The highest BCUT2D eigenvalue weighted by atomic mass is 16.7. The molecule has 1 unspecified atom stereocenters. The molecular formula is C17H32O6. The molecule has 6 nitrogen and oxygen atoms in total. The zero-order chi connectivity index (χ0) is 17.7. The van der Waals surface area contributed by atoms with Crippen LogP contribution in [0.4, 0.5) is 0 Å². The number of ether oxygens (including phenoxy) is 2. The fourth-order valence-corrected chi connectivity index (χ4v) is 2.46. The number of unbranched alkanes of at least 4 members (excludes halogenated alkanes) is 2. The van der Waals surface area contributed by atoms with Crippen molar-refractivity contribution in [1.82, 2.24) is 0 Å². The number of carbonyl (C=O) groups is 2. The van der Waals surface area contributed by atoms with Crippen LogP contribution in [-0.2, 0) is 19.1 Å². The van der Waals surface area contributed by atoms with Crippen LogP contribution in [-0.4, -0.2) is 41.2 Å². The Morgan fingerprint density at radius 2 is 1.48 bits per heavy atom. The predicted molar refractivity (Wildman–Crippen MR) is 87.4 cm³/mol. The lowest BCUT2D eigenvalue weighted by atomic mass is 9.90. The van der Waals surface area contributed by atoms with Gasteiger partial charge in [-0.25, -0.2) is 0 Å². The van der Waals surface area contributed by atoms with E-state index in [1.165, 1.54) is 0 Å². The standard InChI is InChI=1S/C17H32O6/c1-4-7-12-22-17(6-3,23-13-8-5-2)14(16(20)21)10-9-11-15(18)19/h14H,4-13H2,1-3H3,(H,18,19)(H,20,21). The van der Waals surface area contributed by atoms with E-state index in [9.17, 15) is 14.7 Å². The molecule has 23 heavy (non-hydrogen) atoms. The second-order valence-electron chi connectivity index (χ2n) is 5.75. The van der Waals surface area contributed by atoms with Gasteiger partial charge in [0.2, 0.25) is 0 Å². The number of carboxylic acids is 2. The highest BCUT2D eigenvalue weighted by Crippen LogP contribution is 2.33. The van der Waals surface area contributed by atoms with E-state index in [4.69, 9.17) is 14.6 Å². The number of carboxylic acid groups (broad SMARTS) is 2. The fourth-order valence-electron chi connectivity index (χ4n) is 2.46. The molecule has 0 heterocycles. The van der Waals surface area contributed by atoms with Crippen LogP contribution < -0.4 is 0 Å². The Bertz CT molecular complexity index is 332. The molecule has 0 aliphatic rings. The Balaban J connectivity index is 5.07. The highest BCUT2D eigenvalue weighted by molar-refractivity contribution is 5.71. The van der Waals surface area contributed by atoms with Gasteiger partial charge in [0.15, 0.2) is 5.79 Å². The third-order valence-electron chi connectivity index (χ3n) is 3.89. The van der Waals surface area contributed by atoms with Gasteiger partial charge < -0.3 is 19.7 Å². The Morgan fingerprint density at radius 3 is 1.83 bits per heavy atom. The van der Waals surface area contributed by atoms with Gasteiger partial charge in [-0.15, -0.1) is 0 Å². The molecule has 6 heteroatoms. The summed E-state index contributed by atoms with van der Waals surface area (Å²) < 4.78 is 11.8. The van der Waals surface area contributed by atoms with E-state index in [2.05, 4.69) is 0 Å². The van der Waals surface area contributed by atoms with Gasteiger partial charge in [0.25, 0.3) is 0 Å². The van der Waals surface area contributed by atoms with E-state index in [1.807, 2.05) is 20.8 Å². The number of aliphatic carboxylic acids is 2. The van der Waals surface area contributed by atoms with Crippen molar-refractivity contribution in [2.75, 3.05) is 13.2 Å².